The van der Waals surface area contributed by atoms with E-state index in [2.05, 4.69) is 37.2 Å². The molecule has 0 spiro atoms. The molecule has 3 N–H and O–H groups in total. The molecule has 11 nitrogen and oxygen atoms in total. The number of benzene rings is 1. The minimum Gasteiger partial charge on any atom is -0.381 e. The molecule has 4 aromatic rings. The molecule has 2 aliphatic rings. The number of anilines is 2. The van der Waals surface area contributed by atoms with Crippen molar-refractivity contribution in [3.05, 3.63) is 45.9 Å². The standard InChI is InChI=1S/C27H31F3N8O3/c1-15(18-3-2-4-18)32-21-20-22(34-23(33-21)24-36-26(39)41-37-24)35-25(31-13-16-9-11-40-12-10-16)38(20)14-17-5-7-19(8-6-17)27(28,29)30/h5-8,15-16,18H,2-4,9-14H2,1H3,(H,36,37,39)(H2,31,32,33,34,35)/t15-/m1/s1. The molecule has 0 unspecified atom stereocenters. The van der Waals surface area contributed by atoms with Crippen LogP contribution in [0.3, 0.4) is 0 Å². The fourth-order valence-electron chi connectivity index (χ4n) is 5.30. The van der Waals surface area contributed by atoms with Crippen LogP contribution in [-0.2, 0) is 17.5 Å². The average molecular weight is 573 g/mol. The first kappa shape index (κ1) is 27.2. The Balaban J connectivity index is 1.43. The van der Waals surface area contributed by atoms with Crippen LogP contribution >= 0.6 is 0 Å². The maximum atomic E-state index is 13.2. The Labute approximate surface area is 232 Å². The Morgan fingerprint density at radius 2 is 1.85 bits per heavy atom. The van der Waals surface area contributed by atoms with Crippen molar-refractivity contribution < 1.29 is 22.4 Å². The quantitative estimate of drug-likeness (QED) is 0.261. The third-order valence-electron chi connectivity index (χ3n) is 7.99. The molecule has 6 rings (SSSR count). The normalized spacial score (nSPS) is 17.5. The van der Waals surface area contributed by atoms with Gasteiger partial charge in [0, 0.05) is 25.8 Å². The second kappa shape index (κ2) is 11.1. The molecule has 0 bridgehead atoms. The predicted octanol–water partition coefficient (Wildman–Crippen LogP) is 4.68. The molecular weight excluding hydrogens is 541 g/mol. The van der Waals surface area contributed by atoms with E-state index < -0.39 is 17.5 Å². The SMILES string of the molecule is C[C@@H](Nc1nc(-c2noc(=O)[nH]2)nc2nc(NCC3CCOCC3)n(Cc3ccc(C(F)(F)F)cc3)c12)C1CCC1. The highest BCUT2D eigenvalue weighted by atomic mass is 19.4. The molecular formula is C27H31F3N8O3. The summed E-state index contributed by atoms with van der Waals surface area (Å²) >= 11 is 0. The summed E-state index contributed by atoms with van der Waals surface area (Å²) < 4.78 is 51.7. The predicted molar refractivity (Wildman–Crippen MR) is 144 cm³/mol. The molecule has 1 saturated heterocycles. The van der Waals surface area contributed by atoms with Crippen LogP contribution in [0.4, 0.5) is 24.9 Å². The maximum Gasteiger partial charge on any atom is 0.439 e. The van der Waals surface area contributed by atoms with Gasteiger partial charge in [-0.3, -0.25) is 9.51 Å². The molecule has 1 aliphatic heterocycles. The topological polar surface area (TPSA) is 136 Å². The van der Waals surface area contributed by atoms with Gasteiger partial charge >= 0.3 is 11.9 Å². The van der Waals surface area contributed by atoms with Crippen LogP contribution in [0.15, 0.2) is 33.6 Å². The van der Waals surface area contributed by atoms with Gasteiger partial charge in [0.25, 0.3) is 0 Å². The van der Waals surface area contributed by atoms with Crippen molar-refractivity contribution in [2.24, 2.45) is 11.8 Å². The second-order valence-electron chi connectivity index (χ2n) is 10.8. The summed E-state index contributed by atoms with van der Waals surface area (Å²) in [6.45, 7) is 4.38. The van der Waals surface area contributed by atoms with E-state index >= 15 is 0 Å². The monoisotopic (exact) mass is 572 g/mol. The van der Waals surface area contributed by atoms with Crippen molar-refractivity contribution >= 4 is 22.9 Å². The van der Waals surface area contributed by atoms with E-state index in [1.54, 1.807) is 0 Å². The van der Waals surface area contributed by atoms with Gasteiger partial charge in [0.05, 0.1) is 12.1 Å². The second-order valence-corrected chi connectivity index (χ2v) is 10.8. The van der Waals surface area contributed by atoms with Crippen LogP contribution < -0.4 is 16.4 Å². The zero-order chi connectivity index (χ0) is 28.6. The largest absolute Gasteiger partial charge is 0.439 e. The lowest BCUT2D eigenvalue weighted by Crippen LogP contribution is -2.31. The van der Waals surface area contributed by atoms with E-state index in [-0.39, 0.29) is 24.2 Å². The van der Waals surface area contributed by atoms with Gasteiger partial charge < -0.3 is 19.9 Å². The number of hydrogen-bond acceptors (Lipinski definition) is 9. The first-order chi connectivity index (χ1) is 19.7. The molecule has 3 aromatic heterocycles. The molecule has 1 saturated carbocycles. The average Bonchev–Trinajstić information content (AvgIpc) is 3.50. The number of aromatic amines is 1. The van der Waals surface area contributed by atoms with E-state index in [9.17, 15) is 18.0 Å². The van der Waals surface area contributed by atoms with Crippen LogP contribution in [0.2, 0.25) is 0 Å². The van der Waals surface area contributed by atoms with Crippen molar-refractivity contribution in [2.45, 2.75) is 57.8 Å². The molecule has 4 heterocycles. The highest BCUT2D eigenvalue weighted by Gasteiger charge is 2.30. The van der Waals surface area contributed by atoms with Crippen LogP contribution in [0.1, 0.15) is 50.2 Å². The van der Waals surface area contributed by atoms with Gasteiger partial charge in [-0.15, -0.1) is 0 Å². The van der Waals surface area contributed by atoms with Crippen molar-refractivity contribution in [3.8, 4) is 11.6 Å². The number of ether oxygens (including phenoxy) is 1. The summed E-state index contributed by atoms with van der Waals surface area (Å²) in [7, 11) is 0. The fraction of sp³-hybridized carbons (Fsp3) is 0.519. The summed E-state index contributed by atoms with van der Waals surface area (Å²) in [5, 5.41) is 10.7. The highest BCUT2D eigenvalue weighted by molar-refractivity contribution is 5.87. The smallest absolute Gasteiger partial charge is 0.381 e. The van der Waals surface area contributed by atoms with Crippen LogP contribution in [0.25, 0.3) is 22.8 Å². The minimum atomic E-state index is -4.42. The summed E-state index contributed by atoms with van der Waals surface area (Å²) in [6.07, 6.45) is 0.803. The van der Waals surface area contributed by atoms with Gasteiger partial charge in [0.1, 0.15) is 5.52 Å². The van der Waals surface area contributed by atoms with Gasteiger partial charge in [-0.1, -0.05) is 23.7 Å². The Hall–Kier alpha value is -3.94. The molecule has 218 valence electrons. The summed E-state index contributed by atoms with van der Waals surface area (Å²) in [5.74, 6) is 1.37. The van der Waals surface area contributed by atoms with Crippen molar-refractivity contribution in [1.82, 2.24) is 29.7 Å². The molecule has 14 heteroatoms. The minimum absolute atomic E-state index is 0.0743. The zero-order valence-corrected chi connectivity index (χ0v) is 22.5. The number of hydrogen-bond donors (Lipinski definition) is 3. The number of nitrogens with zero attached hydrogens (tertiary/aromatic N) is 5. The number of imidazole rings is 1. The summed E-state index contributed by atoms with van der Waals surface area (Å²) in [4.78, 5) is 28.2. The van der Waals surface area contributed by atoms with Crippen LogP contribution in [0, 0.1) is 11.8 Å². The number of aromatic nitrogens is 6. The Morgan fingerprint density at radius 1 is 1.10 bits per heavy atom. The van der Waals surface area contributed by atoms with Crippen molar-refractivity contribution in [1.29, 1.82) is 0 Å². The number of halogens is 3. The Morgan fingerprint density at radius 3 is 2.49 bits per heavy atom. The molecule has 41 heavy (non-hydrogen) atoms. The van der Waals surface area contributed by atoms with Gasteiger partial charge in [0.15, 0.2) is 11.5 Å². The Bertz CT molecular complexity index is 1550. The van der Waals surface area contributed by atoms with E-state index in [1.165, 1.54) is 18.6 Å². The third kappa shape index (κ3) is 5.92. The van der Waals surface area contributed by atoms with E-state index in [0.717, 1.165) is 37.8 Å². The van der Waals surface area contributed by atoms with Gasteiger partial charge in [-0.05, 0) is 62.1 Å². The molecule has 1 aliphatic carbocycles. The zero-order valence-electron chi connectivity index (χ0n) is 22.5. The van der Waals surface area contributed by atoms with Gasteiger partial charge in [-0.2, -0.15) is 18.2 Å². The summed E-state index contributed by atoms with van der Waals surface area (Å²) in [6, 6.07) is 5.19. The molecule has 0 radical (unpaired) electrons. The fourth-order valence-corrected chi connectivity index (χ4v) is 5.30. The van der Waals surface area contributed by atoms with Crippen molar-refractivity contribution in [2.75, 3.05) is 30.4 Å². The van der Waals surface area contributed by atoms with Gasteiger partial charge in [-0.25, -0.2) is 14.8 Å². The number of fused-ring (bicyclic) bond motifs is 1. The molecule has 1 atom stereocenters. The number of rotatable bonds is 9. The third-order valence-corrected chi connectivity index (χ3v) is 7.99. The highest BCUT2D eigenvalue weighted by Crippen LogP contribution is 2.34. The van der Waals surface area contributed by atoms with Gasteiger partial charge in [0.2, 0.25) is 17.6 Å². The first-order valence-corrected chi connectivity index (χ1v) is 13.8. The Kier molecular flexibility index (Phi) is 7.41. The van der Waals surface area contributed by atoms with E-state index in [1.807, 2.05) is 4.57 Å². The van der Waals surface area contributed by atoms with Crippen molar-refractivity contribution in [3.63, 3.8) is 0 Å². The first-order valence-electron chi connectivity index (χ1n) is 13.8. The number of H-pyrrole nitrogens is 1. The van der Waals surface area contributed by atoms with Crippen LogP contribution in [0.5, 0.6) is 0 Å². The maximum absolute atomic E-state index is 13.2. The van der Waals surface area contributed by atoms with E-state index in [0.29, 0.717) is 60.1 Å². The van der Waals surface area contributed by atoms with E-state index in [4.69, 9.17) is 14.7 Å². The lowest BCUT2D eigenvalue weighted by molar-refractivity contribution is -0.137. The van der Waals surface area contributed by atoms with Crippen LogP contribution in [-0.4, -0.2) is 55.5 Å². The molecule has 0 amide bonds. The molecule has 2 fully saturated rings. The lowest BCUT2D eigenvalue weighted by atomic mass is 9.80. The molecule has 1 aromatic carbocycles. The summed E-state index contributed by atoms with van der Waals surface area (Å²) in [5.41, 5.74) is 0.902. The number of alkyl halides is 3. The lowest BCUT2D eigenvalue weighted by Gasteiger charge is -2.32. The number of nitrogens with one attached hydrogen (secondary N) is 3.